The average Bonchev–Trinajstić information content (AvgIpc) is 3.36. The number of methoxy groups -OCH3 is 1. The van der Waals surface area contributed by atoms with Gasteiger partial charge in [0.2, 0.25) is 11.9 Å². The fourth-order valence-corrected chi connectivity index (χ4v) is 4.21. The Bertz CT molecular complexity index is 1480. The third kappa shape index (κ3) is 7.16. The van der Waals surface area contributed by atoms with Gasteiger partial charge in [0.25, 0.3) is 0 Å². The van der Waals surface area contributed by atoms with E-state index in [4.69, 9.17) is 9.72 Å². The van der Waals surface area contributed by atoms with E-state index in [-0.39, 0.29) is 5.91 Å². The minimum atomic E-state index is -0.210. The number of anilines is 4. The van der Waals surface area contributed by atoms with E-state index >= 15 is 0 Å². The zero-order valence-electron chi connectivity index (χ0n) is 24.0. The molecule has 40 heavy (non-hydrogen) atoms. The molecule has 0 bridgehead atoms. The van der Waals surface area contributed by atoms with Crippen LogP contribution in [-0.4, -0.2) is 92.2 Å². The predicted octanol–water partition coefficient (Wildman–Crippen LogP) is 4.23. The Kier molecular flexibility index (Phi) is 9.36. The van der Waals surface area contributed by atoms with Gasteiger partial charge in [-0.15, -0.1) is 0 Å². The predicted molar refractivity (Wildman–Crippen MR) is 163 cm³/mol. The smallest absolute Gasteiger partial charge is 0.248 e. The summed E-state index contributed by atoms with van der Waals surface area (Å²) in [6.45, 7) is 2.28. The first-order chi connectivity index (χ1) is 19.2. The summed E-state index contributed by atoms with van der Waals surface area (Å²) < 4.78 is 7.77. The topological polar surface area (TPSA) is 90.8 Å². The van der Waals surface area contributed by atoms with Crippen molar-refractivity contribution >= 4 is 39.8 Å². The highest BCUT2D eigenvalue weighted by molar-refractivity contribution is 6.02. The van der Waals surface area contributed by atoms with Gasteiger partial charge in [-0.3, -0.25) is 4.79 Å². The molecule has 0 unspecified atom stereocenters. The van der Waals surface area contributed by atoms with E-state index in [2.05, 4.69) is 43.6 Å². The molecule has 10 heteroatoms. The molecule has 0 saturated carbocycles. The Morgan fingerprint density at radius 2 is 1.80 bits per heavy atom. The number of hydrogen-bond acceptors (Lipinski definition) is 8. The number of amides is 1. The van der Waals surface area contributed by atoms with E-state index in [1.807, 2.05) is 87.3 Å². The van der Waals surface area contributed by atoms with E-state index in [1.54, 1.807) is 19.4 Å². The summed E-state index contributed by atoms with van der Waals surface area (Å²) in [6.07, 6.45) is 7.09. The summed E-state index contributed by atoms with van der Waals surface area (Å²) in [5.74, 6) is 1.54. The summed E-state index contributed by atoms with van der Waals surface area (Å²) in [5, 5.41) is 7.47. The fraction of sp³-hybridized carbons (Fsp3) is 0.300. The number of hydrogen-bond donors (Lipinski definition) is 2. The van der Waals surface area contributed by atoms with Crippen LogP contribution < -0.4 is 20.3 Å². The normalized spacial score (nSPS) is 11.5. The molecule has 0 aliphatic heterocycles. The molecule has 2 heterocycles. The number of likely N-dealkylation sites (N-methyl/N-ethyl adjacent to an activating group) is 3. The number of benzene rings is 2. The maximum Gasteiger partial charge on any atom is 0.248 e. The quantitative estimate of drug-likeness (QED) is 0.257. The lowest BCUT2D eigenvalue weighted by Gasteiger charge is -2.26. The molecule has 0 aliphatic rings. The van der Waals surface area contributed by atoms with Crippen LogP contribution in [0.2, 0.25) is 0 Å². The maximum absolute atomic E-state index is 12.8. The van der Waals surface area contributed by atoms with Crippen molar-refractivity contribution in [3.8, 4) is 11.6 Å². The van der Waals surface area contributed by atoms with E-state index < -0.39 is 0 Å². The average molecular weight is 543 g/mol. The molecular formula is C30H38N8O2. The van der Waals surface area contributed by atoms with E-state index in [1.165, 1.54) is 0 Å². The number of rotatable bonds is 12. The molecule has 0 aliphatic carbocycles. The lowest BCUT2D eigenvalue weighted by Crippen LogP contribution is -2.29. The summed E-state index contributed by atoms with van der Waals surface area (Å²) in [4.78, 5) is 28.2. The summed E-state index contributed by atoms with van der Waals surface area (Å²) >= 11 is 0. The van der Waals surface area contributed by atoms with Crippen LogP contribution in [-0.2, 0) is 4.79 Å². The number of aromatic nitrogens is 3. The molecule has 0 atom stereocenters. The van der Waals surface area contributed by atoms with E-state index in [0.29, 0.717) is 29.6 Å². The SMILES string of the molecule is COc1cc(N(C)CCN(C)C)c(NC(=O)/C=C/CN(C)C)cc1Nc1nccc(-n2ccc3ccccc32)n1. The number of carbonyl (C=O) groups is 1. The molecule has 2 aromatic heterocycles. The second kappa shape index (κ2) is 13.1. The van der Waals surface area contributed by atoms with Crippen LogP contribution in [0.4, 0.5) is 23.0 Å². The van der Waals surface area contributed by atoms with Crippen molar-refractivity contribution in [3.63, 3.8) is 0 Å². The van der Waals surface area contributed by atoms with Crippen molar-refractivity contribution in [2.75, 3.05) is 77.5 Å². The molecule has 4 aromatic rings. The number of nitrogens with one attached hydrogen (secondary N) is 2. The van der Waals surface area contributed by atoms with Gasteiger partial charge >= 0.3 is 0 Å². The number of nitrogens with zero attached hydrogens (tertiary/aromatic N) is 6. The highest BCUT2D eigenvalue weighted by atomic mass is 16.5. The van der Waals surface area contributed by atoms with Crippen molar-refractivity contribution in [1.82, 2.24) is 24.3 Å². The van der Waals surface area contributed by atoms with Gasteiger partial charge in [0.05, 0.1) is 29.7 Å². The van der Waals surface area contributed by atoms with Crippen LogP contribution in [0.5, 0.6) is 5.75 Å². The molecule has 1 amide bonds. The van der Waals surface area contributed by atoms with Crippen molar-refractivity contribution in [1.29, 1.82) is 0 Å². The van der Waals surface area contributed by atoms with Gasteiger partial charge in [0.1, 0.15) is 11.6 Å². The first kappa shape index (κ1) is 28.6. The molecule has 210 valence electrons. The maximum atomic E-state index is 12.8. The van der Waals surface area contributed by atoms with Gasteiger partial charge in [-0.1, -0.05) is 24.3 Å². The first-order valence-corrected chi connectivity index (χ1v) is 13.1. The van der Waals surface area contributed by atoms with Crippen LogP contribution in [0, 0.1) is 0 Å². The van der Waals surface area contributed by atoms with Crippen LogP contribution in [0.1, 0.15) is 0 Å². The molecule has 10 nitrogen and oxygen atoms in total. The molecular weight excluding hydrogens is 504 g/mol. The Balaban J connectivity index is 1.67. The molecule has 2 aromatic carbocycles. The minimum absolute atomic E-state index is 0.210. The van der Waals surface area contributed by atoms with Gasteiger partial charge in [-0.2, -0.15) is 4.98 Å². The third-order valence-corrected chi connectivity index (χ3v) is 6.34. The number of ether oxygens (including phenoxy) is 1. The largest absolute Gasteiger partial charge is 0.494 e. The lowest BCUT2D eigenvalue weighted by atomic mass is 10.2. The molecule has 0 saturated heterocycles. The zero-order valence-corrected chi connectivity index (χ0v) is 24.0. The number of para-hydroxylation sites is 1. The molecule has 2 N–H and O–H groups in total. The zero-order chi connectivity index (χ0) is 28.6. The Morgan fingerprint density at radius 3 is 2.55 bits per heavy atom. The highest BCUT2D eigenvalue weighted by Crippen LogP contribution is 2.38. The van der Waals surface area contributed by atoms with Crippen LogP contribution in [0.3, 0.4) is 0 Å². The standard InChI is InChI=1S/C30H38N8O2/c1-35(2)16-9-12-29(39)32-23-20-24(27(40-6)21-26(23)37(5)19-18-36(3)4)33-30-31-15-13-28(34-30)38-17-14-22-10-7-8-11-25(22)38/h7-15,17,20-21H,16,18-19H2,1-6H3,(H,32,39)(H,31,33,34)/b12-9+. The van der Waals surface area contributed by atoms with Crippen LogP contribution >= 0.6 is 0 Å². The second-order valence-electron chi connectivity index (χ2n) is 10.1. The number of fused-ring (bicyclic) bond motifs is 1. The summed E-state index contributed by atoms with van der Waals surface area (Å²) in [7, 11) is 11.6. The molecule has 4 rings (SSSR count). The van der Waals surface area contributed by atoms with Crippen molar-refractivity contribution in [2.24, 2.45) is 0 Å². The van der Waals surface area contributed by atoms with Crippen LogP contribution in [0.25, 0.3) is 16.7 Å². The van der Waals surface area contributed by atoms with Gasteiger partial charge in [-0.05, 0) is 57.8 Å². The lowest BCUT2D eigenvalue weighted by molar-refractivity contribution is -0.111. The van der Waals surface area contributed by atoms with Gasteiger partial charge in [0, 0.05) is 51.2 Å². The summed E-state index contributed by atoms with van der Waals surface area (Å²) in [5.41, 5.74) is 3.18. The van der Waals surface area contributed by atoms with Crippen LogP contribution in [0.15, 0.2) is 73.1 Å². The van der Waals surface area contributed by atoms with E-state index in [0.717, 1.165) is 35.5 Å². The summed E-state index contributed by atoms with van der Waals surface area (Å²) in [6, 6.07) is 15.8. The molecule has 0 fully saturated rings. The fourth-order valence-electron chi connectivity index (χ4n) is 4.21. The van der Waals surface area contributed by atoms with Crippen molar-refractivity contribution in [2.45, 2.75) is 0 Å². The van der Waals surface area contributed by atoms with Crippen molar-refractivity contribution in [3.05, 3.63) is 73.1 Å². The van der Waals surface area contributed by atoms with Gasteiger partial charge in [0.15, 0.2) is 0 Å². The minimum Gasteiger partial charge on any atom is -0.494 e. The second-order valence-corrected chi connectivity index (χ2v) is 10.1. The Labute approximate surface area is 235 Å². The van der Waals surface area contributed by atoms with Crippen molar-refractivity contribution < 1.29 is 9.53 Å². The Morgan fingerprint density at radius 1 is 1.00 bits per heavy atom. The first-order valence-electron chi connectivity index (χ1n) is 13.1. The Hall–Kier alpha value is -4.41. The highest BCUT2D eigenvalue weighted by Gasteiger charge is 2.17. The molecule has 0 spiro atoms. The molecule has 0 radical (unpaired) electrons. The number of carbonyl (C=O) groups excluding carboxylic acids is 1. The third-order valence-electron chi connectivity index (χ3n) is 6.34. The van der Waals surface area contributed by atoms with E-state index in [9.17, 15) is 4.79 Å². The van der Waals surface area contributed by atoms with Gasteiger partial charge < -0.3 is 34.6 Å². The monoisotopic (exact) mass is 542 g/mol. The van der Waals surface area contributed by atoms with Gasteiger partial charge in [-0.25, -0.2) is 4.98 Å².